The molecule has 0 spiro atoms. The van der Waals surface area contributed by atoms with Crippen LogP contribution in [0.4, 0.5) is 4.39 Å². The fraction of sp³-hybridized carbons (Fsp3) is 0.381. The highest BCUT2D eigenvalue weighted by atomic mass is 35.5. The molecule has 0 aromatic heterocycles. The lowest BCUT2D eigenvalue weighted by Crippen LogP contribution is -2.38. The number of halogens is 2. The summed E-state index contributed by atoms with van der Waals surface area (Å²) in [5.41, 5.74) is 1.28. The van der Waals surface area contributed by atoms with Gasteiger partial charge < -0.3 is 10.1 Å². The van der Waals surface area contributed by atoms with Gasteiger partial charge >= 0.3 is 0 Å². The lowest BCUT2D eigenvalue weighted by Gasteiger charge is -2.30. The maximum Gasteiger partial charge on any atom is 0.224 e. The molecule has 6 heteroatoms. The lowest BCUT2D eigenvalue weighted by molar-refractivity contribution is -0.120. The number of methoxy groups -OCH3 is 1. The molecule has 1 unspecified atom stereocenters. The molecule has 1 atom stereocenters. The van der Waals surface area contributed by atoms with Gasteiger partial charge in [0, 0.05) is 17.1 Å². The number of hydrogen-bond acceptors (Lipinski definition) is 3. The third kappa shape index (κ3) is 5.68. The topological polar surface area (TPSA) is 41.6 Å². The van der Waals surface area contributed by atoms with Gasteiger partial charge in [-0.2, -0.15) is 0 Å². The maximum absolute atomic E-state index is 13.9. The number of likely N-dealkylation sites (N-methyl/N-ethyl adjacent to an activating group) is 1. The Morgan fingerprint density at radius 3 is 2.56 bits per heavy atom. The van der Waals surface area contributed by atoms with E-state index in [1.54, 1.807) is 13.2 Å². The highest BCUT2D eigenvalue weighted by molar-refractivity contribution is 6.31. The molecule has 27 heavy (non-hydrogen) atoms. The summed E-state index contributed by atoms with van der Waals surface area (Å²) in [6, 6.07) is 12.2. The van der Waals surface area contributed by atoms with E-state index in [0.717, 1.165) is 24.4 Å². The third-order valence-corrected chi connectivity index (χ3v) is 4.98. The van der Waals surface area contributed by atoms with Gasteiger partial charge in [0.2, 0.25) is 5.91 Å². The number of amides is 1. The maximum atomic E-state index is 13.9. The molecular weight excluding hydrogens is 367 g/mol. The van der Waals surface area contributed by atoms with Gasteiger partial charge in [-0.3, -0.25) is 9.69 Å². The Bertz CT molecular complexity index is 745. The number of nitrogens with one attached hydrogen (secondary N) is 1. The second-order valence-electron chi connectivity index (χ2n) is 6.19. The van der Waals surface area contributed by atoms with Crippen molar-refractivity contribution in [2.45, 2.75) is 26.3 Å². The second-order valence-corrected chi connectivity index (χ2v) is 6.60. The molecule has 0 aliphatic rings. The Balaban J connectivity index is 2.12. The molecule has 2 aromatic carbocycles. The molecule has 0 aliphatic heterocycles. The molecule has 0 saturated heterocycles. The van der Waals surface area contributed by atoms with E-state index in [2.05, 4.69) is 24.1 Å². The number of nitrogens with zero attached hydrogens (tertiary/aromatic N) is 1. The minimum Gasteiger partial charge on any atom is -0.497 e. The number of rotatable bonds is 9. The van der Waals surface area contributed by atoms with Crippen LogP contribution in [0.15, 0.2) is 42.5 Å². The Kier molecular flexibility index (Phi) is 8.07. The van der Waals surface area contributed by atoms with E-state index in [9.17, 15) is 9.18 Å². The van der Waals surface area contributed by atoms with Crippen LogP contribution < -0.4 is 10.1 Å². The molecule has 0 radical (unpaired) electrons. The Labute approximate surface area is 165 Å². The van der Waals surface area contributed by atoms with Crippen LogP contribution in [0.1, 0.15) is 31.0 Å². The van der Waals surface area contributed by atoms with Crippen molar-refractivity contribution in [2.75, 3.05) is 26.7 Å². The van der Waals surface area contributed by atoms with Crippen LogP contribution in [0, 0.1) is 5.82 Å². The zero-order valence-electron chi connectivity index (χ0n) is 16.0. The predicted octanol–water partition coefficient (Wildman–Crippen LogP) is 4.23. The van der Waals surface area contributed by atoms with E-state index in [4.69, 9.17) is 16.3 Å². The number of ether oxygens (including phenoxy) is 1. The highest BCUT2D eigenvalue weighted by Crippen LogP contribution is 2.24. The fourth-order valence-electron chi connectivity index (χ4n) is 3.11. The van der Waals surface area contributed by atoms with Crippen LogP contribution in [-0.2, 0) is 11.2 Å². The lowest BCUT2D eigenvalue weighted by atomic mass is 10.0. The first kappa shape index (κ1) is 21.2. The smallest absolute Gasteiger partial charge is 0.224 e. The van der Waals surface area contributed by atoms with Crippen LogP contribution in [-0.4, -0.2) is 37.6 Å². The molecule has 0 bridgehead atoms. The van der Waals surface area contributed by atoms with Crippen LogP contribution in [0.2, 0.25) is 5.02 Å². The normalized spacial score (nSPS) is 12.1. The molecule has 146 valence electrons. The molecule has 4 nitrogen and oxygen atoms in total. The second kappa shape index (κ2) is 10.3. The third-order valence-electron chi connectivity index (χ3n) is 4.62. The zero-order chi connectivity index (χ0) is 19.8. The van der Waals surface area contributed by atoms with Crippen molar-refractivity contribution in [1.29, 1.82) is 0 Å². The Morgan fingerprint density at radius 1 is 1.22 bits per heavy atom. The summed E-state index contributed by atoms with van der Waals surface area (Å²) in [6.07, 6.45) is -0.0887. The minimum atomic E-state index is -0.467. The van der Waals surface area contributed by atoms with Crippen molar-refractivity contribution in [2.24, 2.45) is 0 Å². The molecule has 1 N–H and O–H groups in total. The SMILES string of the molecule is CCN(CC)C(CNC(=O)Cc1c(F)cccc1Cl)c1cccc(OC)c1. The van der Waals surface area contributed by atoms with Crippen LogP contribution in [0.5, 0.6) is 5.75 Å². The number of hydrogen-bond donors (Lipinski definition) is 1. The van der Waals surface area contributed by atoms with Gasteiger partial charge in [-0.1, -0.05) is 43.6 Å². The molecular formula is C21H26ClFN2O2. The van der Waals surface area contributed by atoms with E-state index in [1.807, 2.05) is 24.3 Å². The number of carbonyl (C=O) groups is 1. The van der Waals surface area contributed by atoms with E-state index in [1.165, 1.54) is 12.1 Å². The number of benzene rings is 2. The van der Waals surface area contributed by atoms with Gasteiger partial charge in [-0.15, -0.1) is 0 Å². The molecule has 0 saturated carbocycles. The average Bonchev–Trinajstić information content (AvgIpc) is 2.68. The van der Waals surface area contributed by atoms with Crippen LogP contribution in [0.25, 0.3) is 0 Å². The van der Waals surface area contributed by atoms with Gasteiger partial charge in [-0.05, 0) is 42.9 Å². The van der Waals surface area contributed by atoms with Crippen molar-refractivity contribution in [3.8, 4) is 5.75 Å². The summed E-state index contributed by atoms with van der Waals surface area (Å²) in [5, 5.41) is 3.19. The van der Waals surface area contributed by atoms with Crippen molar-refractivity contribution in [3.05, 3.63) is 64.4 Å². The largest absolute Gasteiger partial charge is 0.497 e. The quantitative estimate of drug-likeness (QED) is 0.694. The molecule has 0 heterocycles. The standard InChI is InChI=1S/C21H26ClFN2O2/c1-4-25(5-2)20(15-8-6-9-16(12-15)27-3)14-24-21(26)13-17-18(22)10-7-11-19(17)23/h6-12,20H,4-5,13-14H2,1-3H3,(H,24,26). The molecule has 0 fully saturated rings. The van der Waals surface area contributed by atoms with Crippen molar-refractivity contribution >= 4 is 17.5 Å². The average molecular weight is 393 g/mol. The first-order valence-electron chi connectivity index (χ1n) is 9.07. The van der Waals surface area contributed by atoms with E-state index >= 15 is 0 Å². The highest BCUT2D eigenvalue weighted by Gasteiger charge is 2.20. The van der Waals surface area contributed by atoms with Crippen LogP contribution >= 0.6 is 11.6 Å². The summed E-state index contributed by atoms with van der Waals surface area (Å²) in [6.45, 7) is 6.26. The fourth-order valence-corrected chi connectivity index (χ4v) is 3.34. The van der Waals surface area contributed by atoms with Gasteiger partial charge in [0.05, 0.1) is 19.6 Å². The first-order chi connectivity index (χ1) is 13.0. The first-order valence-corrected chi connectivity index (χ1v) is 9.45. The monoisotopic (exact) mass is 392 g/mol. The molecule has 2 rings (SSSR count). The summed E-state index contributed by atoms with van der Waals surface area (Å²) in [4.78, 5) is 14.7. The zero-order valence-corrected chi connectivity index (χ0v) is 16.7. The van der Waals surface area contributed by atoms with Gasteiger partial charge in [0.1, 0.15) is 11.6 Å². The summed E-state index contributed by atoms with van der Waals surface area (Å²) >= 11 is 6.02. The predicted molar refractivity (Wildman–Crippen MR) is 107 cm³/mol. The summed E-state index contributed by atoms with van der Waals surface area (Å²) in [5.74, 6) is 0.0434. The van der Waals surface area contributed by atoms with E-state index in [-0.39, 0.29) is 29.0 Å². The van der Waals surface area contributed by atoms with Crippen molar-refractivity contribution in [3.63, 3.8) is 0 Å². The van der Waals surface area contributed by atoms with Crippen molar-refractivity contribution in [1.82, 2.24) is 10.2 Å². The van der Waals surface area contributed by atoms with Crippen LogP contribution in [0.3, 0.4) is 0 Å². The molecule has 0 aliphatic carbocycles. The summed E-state index contributed by atoms with van der Waals surface area (Å²) < 4.78 is 19.2. The Hall–Kier alpha value is -2.11. The number of carbonyl (C=O) groups excluding carboxylic acids is 1. The molecule has 1 amide bonds. The van der Waals surface area contributed by atoms with Gasteiger partial charge in [-0.25, -0.2) is 4.39 Å². The molecule has 2 aromatic rings. The van der Waals surface area contributed by atoms with Gasteiger partial charge in [0.25, 0.3) is 0 Å². The van der Waals surface area contributed by atoms with Crippen molar-refractivity contribution < 1.29 is 13.9 Å². The summed E-state index contributed by atoms with van der Waals surface area (Å²) in [7, 11) is 1.63. The Morgan fingerprint density at radius 2 is 1.93 bits per heavy atom. The minimum absolute atomic E-state index is 0.00450. The van der Waals surface area contributed by atoms with E-state index < -0.39 is 5.82 Å². The van der Waals surface area contributed by atoms with Gasteiger partial charge in [0.15, 0.2) is 0 Å². The van der Waals surface area contributed by atoms with E-state index in [0.29, 0.717) is 6.54 Å².